The van der Waals surface area contributed by atoms with Crippen LogP contribution < -0.4 is 5.32 Å². The molecule has 1 aliphatic rings. The molecule has 0 saturated carbocycles. The van der Waals surface area contributed by atoms with E-state index in [1.807, 2.05) is 0 Å². The van der Waals surface area contributed by atoms with Gasteiger partial charge in [-0.15, -0.1) is 0 Å². The minimum Gasteiger partial charge on any atom is -0.381 e. The summed E-state index contributed by atoms with van der Waals surface area (Å²) < 4.78 is 5.48. The molecule has 0 aromatic heterocycles. The maximum atomic E-state index is 5.48. The zero-order valence-electron chi connectivity index (χ0n) is 8.52. The van der Waals surface area contributed by atoms with E-state index in [9.17, 15) is 0 Å². The highest BCUT2D eigenvalue weighted by atomic mass is 16.5. The average molecular weight is 171 g/mol. The highest BCUT2D eigenvalue weighted by molar-refractivity contribution is 4.87. The zero-order valence-corrected chi connectivity index (χ0v) is 8.52. The van der Waals surface area contributed by atoms with Gasteiger partial charge < -0.3 is 10.1 Å². The first-order valence-electron chi connectivity index (χ1n) is 5.00. The lowest BCUT2D eigenvalue weighted by Gasteiger charge is -2.31. The topological polar surface area (TPSA) is 21.3 Å². The predicted octanol–water partition coefficient (Wildman–Crippen LogP) is 1.66. The minimum absolute atomic E-state index is 0.413. The van der Waals surface area contributed by atoms with E-state index in [1.54, 1.807) is 0 Å². The van der Waals surface area contributed by atoms with Crippen molar-refractivity contribution in [3.8, 4) is 0 Å². The third-order valence-electron chi connectivity index (χ3n) is 3.09. The number of nitrogens with one attached hydrogen (secondary N) is 1. The van der Waals surface area contributed by atoms with Crippen LogP contribution in [0.4, 0.5) is 0 Å². The molecule has 1 saturated heterocycles. The lowest BCUT2D eigenvalue weighted by molar-refractivity contribution is 0.118. The molecule has 0 aromatic rings. The molecular formula is C10H21NO. The van der Waals surface area contributed by atoms with Gasteiger partial charge in [0.1, 0.15) is 0 Å². The fourth-order valence-corrected chi connectivity index (χ4v) is 1.80. The second-order valence-corrected chi connectivity index (χ2v) is 4.10. The SMILES string of the molecule is CCNCC1(C(C)C)CCOC1. The van der Waals surface area contributed by atoms with Crippen LogP contribution in [0.25, 0.3) is 0 Å². The molecule has 0 bridgehead atoms. The Morgan fingerprint density at radius 3 is 2.67 bits per heavy atom. The Balaban J connectivity index is 2.47. The first kappa shape index (κ1) is 10.0. The molecule has 2 heteroatoms. The van der Waals surface area contributed by atoms with Gasteiger partial charge >= 0.3 is 0 Å². The minimum atomic E-state index is 0.413. The summed E-state index contributed by atoms with van der Waals surface area (Å²) in [6, 6.07) is 0. The van der Waals surface area contributed by atoms with Gasteiger partial charge in [0.2, 0.25) is 0 Å². The first-order chi connectivity index (χ1) is 5.71. The summed E-state index contributed by atoms with van der Waals surface area (Å²) in [5, 5.41) is 3.43. The molecule has 1 atom stereocenters. The molecule has 1 N–H and O–H groups in total. The molecule has 0 spiro atoms. The number of rotatable bonds is 4. The molecule has 1 fully saturated rings. The number of ether oxygens (including phenoxy) is 1. The van der Waals surface area contributed by atoms with Crippen LogP contribution in [0, 0.1) is 11.3 Å². The van der Waals surface area contributed by atoms with Gasteiger partial charge in [0, 0.05) is 18.6 Å². The van der Waals surface area contributed by atoms with E-state index < -0.39 is 0 Å². The lowest BCUT2D eigenvalue weighted by atomic mass is 9.76. The van der Waals surface area contributed by atoms with Crippen molar-refractivity contribution in [2.75, 3.05) is 26.3 Å². The van der Waals surface area contributed by atoms with Gasteiger partial charge in [-0.3, -0.25) is 0 Å². The smallest absolute Gasteiger partial charge is 0.0537 e. The Hall–Kier alpha value is -0.0800. The Morgan fingerprint density at radius 1 is 1.50 bits per heavy atom. The van der Waals surface area contributed by atoms with Crippen molar-refractivity contribution in [1.82, 2.24) is 5.32 Å². The Kier molecular flexibility index (Phi) is 3.53. The second-order valence-electron chi connectivity index (χ2n) is 4.10. The summed E-state index contributed by atoms with van der Waals surface area (Å²) in [7, 11) is 0. The molecule has 1 heterocycles. The highest BCUT2D eigenvalue weighted by Crippen LogP contribution is 2.35. The molecule has 0 aromatic carbocycles. The van der Waals surface area contributed by atoms with Gasteiger partial charge in [0.25, 0.3) is 0 Å². The van der Waals surface area contributed by atoms with Crippen molar-refractivity contribution in [2.45, 2.75) is 27.2 Å². The third kappa shape index (κ3) is 1.99. The van der Waals surface area contributed by atoms with Crippen molar-refractivity contribution in [3.63, 3.8) is 0 Å². The molecule has 0 amide bonds. The highest BCUT2D eigenvalue weighted by Gasteiger charge is 2.37. The standard InChI is InChI=1S/C10H21NO/c1-4-11-7-10(9(2)3)5-6-12-8-10/h9,11H,4-8H2,1-3H3. The van der Waals surface area contributed by atoms with Gasteiger partial charge in [-0.25, -0.2) is 0 Å². The maximum absolute atomic E-state index is 5.48. The largest absolute Gasteiger partial charge is 0.381 e. The maximum Gasteiger partial charge on any atom is 0.0537 e. The Labute approximate surface area is 75.7 Å². The molecule has 0 radical (unpaired) electrons. The van der Waals surface area contributed by atoms with E-state index in [1.165, 1.54) is 6.42 Å². The van der Waals surface area contributed by atoms with Crippen molar-refractivity contribution in [2.24, 2.45) is 11.3 Å². The summed E-state index contributed by atoms with van der Waals surface area (Å²) in [5.41, 5.74) is 0.413. The Morgan fingerprint density at radius 2 is 2.25 bits per heavy atom. The van der Waals surface area contributed by atoms with Gasteiger partial charge in [-0.05, 0) is 18.9 Å². The second kappa shape index (κ2) is 4.24. The molecule has 0 aliphatic carbocycles. The molecule has 12 heavy (non-hydrogen) atoms. The molecular weight excluding hydrogens is 150 g/mol. The molecule has 1 unspecified atom stereocenters. The van der Waals surface area contributed by atoms with Gasteiger partial charge in [-0.2, -0.15) is 0 Å². The number of hydrogen-bond donors (Lipinski definition) is 1. The summed E-state index contributed by atoms with van der Waals surface area (Å²) in [6.45, 7) is 10.8. The van der Waals surface area contributed by atoms with Crippen LogP contribution >= 0.6 is 0 Å². The Bertz CT molecular complexity index is 128. The van der Waals surface area contributed by atoms with Crippen molar-refractivity contribution in [1.29, 1.82) is 0 Å². The van der Waals surface area contributed by atoms with Crippen molar-refractivity contribution < 1.29 is 4.74 Å². The normalized spacial score (nSPS) is 30.0. The third-order valence-corrected chi connectivity index (χ3v) is 3.09. The van der Waals surface area contributed by atoms with Crippen LogP contribution in [-0.2, 0) is 4.74 Å². The van der Waals surface area contributed by atoms with E-state index in [0.29, 0.717) is 5.41 Å². The summed E-state index contributed by atoms with van der Waals surface area (Å²) >= 11 is 0. The van der Waals surface area contributed by atoms with Crippen LogP contribution in [0.15, 0.2) is 0 Å². The molecule has 1 aliphatic heterocycles. The van der Waals surface area contributed by atoms with Crippen molar-refractivity contribution in [3.05, 3.63) is 0 Å². The van der Waals surface area contributed by atoms with E-state index in [4.69, 9.17) is 4.74 Å². The van der Waals surface area contributed by atoms with Crippen LogP contribution in [0.2, 0.25) is 0 Å². The molecule has 2 nitrogen and oxygen atoms in total. The quantitative estimate of drug-likeness (QED) is 0.694. The van der Waals surface area contributed by atoms with Crippen LogP contribution in [0.1, 0.15) is 27.2 Å². The summed E-state index contributed by atoms with van der Waals surface area (Å²) in [4.78, 5) is 0. The molecule has 72 valence electrons. The van der Waals surface area contributed by atoms with E-state index in [0.717, 1.165) is 32.2 Å². The van der Waals surface area contributed by atoms with Crippen LogP contribution in [0.5, 0.6) is 0 Å². The monoisotopic (exact) mass is 171 g/mol. The number of hydrogen-bond acceptors (Lipinski definition) is 2. The predicted molar refractivity (Wildman–Crippen MR) is 51.3 cm³/mol. The fourth-order valence-electron chi connectivity index (χ4n) is 1.80. The van der Waals surface area contributed by atoms with Gasteiger partial charge in [-0.1, -0.05) is 20.8 Å². The molecule has 1 rings (SSSR count). The lowest BCUT2D eigenvalue weighted by Crippen LogP contribution is -2.39. The van der Waals surface area contributed by atoms with Crippen LogP contribution in [-0.4, -0.2) is 26.3 Å². The average Bonchev–Trinajstić information content (AvgIpc) is 2.50. The zero-order chi connectivity index (χ0) is 9.03. The summed E-state index contributed by atoms with van der Waals surface area (Å²) in [6.07, 6.45) is 1.22. The van der Waals surface area contributed by atoms with E-state index >= 15 is 0 Å². The van der Waals surface area contributed by atoms with Crippen molar-refractivity contribution >= 4 is 0 Å². The van der Waals surface area contributed by atoms with Gasteiger partial charge in [0.05, 0.1) is 6.61 Å². The van der Waals surface area contributed by atoms with E-state index in [2.05, 4.69) is 26.1 Å². The summed E-state index contributed by atoms with van der Waals surface area (Å²) in [5.74, 6) is 0.721. The van der Waals surface area contributed by atoms with E-state index in [-0.39, 0.29) is 0 Å². The van der Waals surface area contributed by atoms with Crippen LogP contribution in [0.3, 0.4) is 0 Å². The fraction of sp³-hybridized carbons (Fsp3) is 1.00. The van der Waals surface area contributed by atoms with Gasteiger partial charge in [0.15, 0.2) is 0 Å². The first-order valence-corrected chi connectivity index (χ1v) is 5.00.